The lowest BCUT2D eigenvalue weighted by molar-refractivity contribution is 0.0591. The number of hydrogen-bond donors (Lipinski definition) is 0. The molecular weight excluding hydrogens is 400 g/mol. The van der Waals surface area contributed by atoms with Crippen LogP contribution >= 0.6 is 0 Å². The summed E-state index contributed by atoms with van der Waals surface area (Å²) in [5.41, 5.74) is 1.46. The van der Waals surface area contributed by atoms with Gasteiger partial charge < -0.3 is 9.64 Å². The van der Waals surface area contributed by atoms with Crippen LogP contribution in [0.4, 0.5) is 0 Å². The highest BCUT2D eigenvalue weighted by atomic mass is 32.2. The van der Waals surface area contributed by atoms with E-state index in [0.29, 0.717) is 11.3 Å². The molecule has 1 unspecified atom stereocenters. The number of ether oxygens (including phenoxy) is 1. The van der Waals surface area contributed by atoms with Crippen LogP contribution in [0.1, 0.15) is 27.7 Å². The van der Waals surface area contributed by atoms with Gasteiger partial charge in [-0.05, 0) is 29.8 Å². The van der Waals surface area contributed by atoms with Crippen molar-refractivity contribution in [3.8, 4) is 0 Å². The summed E-state index contributed by atoms with van der Waals surface area (Å²) in [6, 6.07) is 20.2. The molecule has 7 heteroatoms. The number of hydrogen-bond acceptors (Lipinski definition) is 5. The highest BCUT2D eigenvalue weighted by Crippen LogP contribution is 2.25. The largest absolute Gasteiger partial charge is 0.382 e. The van der Waals surface area contributed by atoms with Crippen molar-refractivity contribution in [3.05, 3.63) is 95.8 Å². The van der Waals surface area contributed by atoms with Gasteiger partial charge in [-0.2, -0.15) is 0 Å². The molecule has 0 aliphatic carbocycles. The lowest BCUT2D eigenvalue weighted by Crippen LogP contribution is -2.35. The van der Waals surface area contributed by atoms with Crippen LogP contribution < -0.4 is 0 Å². The van der Waals surface area contributed by atoms with E-state index in [2.05, 4.69) is 4.98 Å². The van der Waals surface area contributed by atoms with Gasteiger partial charge in [0.2, 0.25) is 0 Å². The zero-order chi connectivity index (χ0) is 21.6. The van der Waals surface area contributed by atoms with Crippen LogP contribution in [0.2, 0.25) is 0 Å². The molecule has 1 aromatic heterocycles. The summed E-state index contributed by atoms with van der Waals surface area (Å²) in [4.78, 5) is 19.2. The Kier molecular flexibility index (Phi) is 6.97. The average molecular weight is 425 g/mol. The summed E-state index contributed by atoms with van der Waals surface area (Å²) in [5, 5.41) is 0. The van der Waals surface area contributed by atoms with Crippen molar-refractivity contribution in [1.29, 1.82) is 0 Å². The first-order valence-corrected chi connectivity index (χ1v) is 11.1. The number of sulfone groups is 1. The predicted octanol–water partition coefficient (Wildman–Crippen LogP) is 3.52. The van der Waals surface area contributed by atoms with E-state index < -0.39 is 21.8 Å². The van der Waals surface area contributed by atoms with Crippen LogP contribution in [0.15, 0.2) is 83.9 Å². The molecule has 6 nitrogen and oxygen atoms in total. The molecule has 0 radical (unpaired) electrons. The lowest BCUT2D eigenvalue weighted by Gasteiger charge is -2.28. The predicted molar refractivity (Wildman–Crippen MR) is 115 cm³/mol. The highest BCUT2D eigenvalue weighted by Gasteiger charge is 2.28. The van der Waals surface area contributed by atoms with Gasteiger partial charge in [-0.3, -0.25) is 9.78 Å². The molecule has 0 saturated heterocycles. The average Bonchev–Trinajstić information content (AvgIpc) is 2.77. The first-order chi connectivity index (χ1) is 14.4. The summed E-state index contributed by atoms with van der Waals surface area (Å²) in [6.07, 6.45) is 1.65. The summed E-state index contributed by atoms with van der Waals surface area (Å²) in [5.74, 6) is -0.584. The standard InChI is InChI=1S/C23H24N2O4S/c1-25(21(16-29-2)20-13-8-9-15-24-20)23(26)19-12-6-7-14-22(19)30(27,28)17-18-10-4-3-5-11-18/h3-15,21H,16-17H2,1-2H3. The zero-order valence-corrected chi connectivity index (χ0v) is 17.7. The van der Waals surface area contributed by atoms with Gasteiger partial charge in [0.1, 0.15) is 0 Å². The Morgan fingerprint density at radius 1 is 1.00 bits per heavy atom. The Labute approximate surface area is 177 Å². The number of methoxy groups -OCH3 is 1. The number of likely N-dealkylation sites (N-methyl/N-ethyl adjacent to an activating group) is 1. The Morgan fingerprint density at radius 2 is 1.67 bits per heavy atom. The third-order valence-corrected chi connectivity index (χ3v) is 6.53. The number of carbonyl (C=O) groups is 1. The van der Waals surface area contributed by atoms with E-state index >= 15 is 0 Å². The van der Waals surface area contributed by atoms with E-state index in [1.807, 2.05) is 18.2 Å². The minimum Gasteiger partial charge on any atom is -0.382 e. The van der Waals surface area contributed by atoms with Gasteiger partial charge in [0.05, 0.1) is 34.6 Å². The van der Waals surface area contributed by atoms with Gasteiger partial charge in [-0.15, -0.1) is 0 Å². The first-order valence-electron chi connectivity index (χ1n) is 9.47. The summed E-state index contributed by atoms with van der Waals surface area (Å²) >= 11 is 0. The second-order valence-electron chi connectivity index (χ2n) is 6.88. The molecule has 0 N–H and O–H groups in total. The van der Waals surface area contributed by atoms with Gasteiger partial charge in [-0.1, -0.05) is 48.5 Å². The van der Waals surface area contributed by atoms with Crippen LogP contribution in [0.25, 0.3) is 0 Å². The van der Waals surface area contributed by atoms with Gasteiger partial charge in [0.15, 0.2) is 9.84 Å². The maximum atomic E-state index is 13.3. The van der Waals surface area contributed by atoms with Crippen molar-refractivity contribution in [2.45, 2.75) is 16.7 Å². The molecule has 1 atom stereocenters. The number of rotatable bonds is 8. The smallest absolute Gasteiger partial charge is 0.255 e. The Balaban J connectivity index is 1.95. The quantitative estimate of drug-likeness (QED) is 0.553. The Hall–Kier alpha value is -3.03. The molecule has 0 bridgehead atoms. The molecule has 1 heterocycles. The second kappa shape index (κ2) is 9.65. The van der Waals surface area contributed by atoms with E-state index in [0.717, 1.165) is 0 Å². The minimum absolute atomic E-state index is 0.0166. The maximum Gasteiger partial charge on any atom is 0.255 e. The molecule has 0 fully saturated rings. The first kappa shape index (κ1) is 21.7. The fourth-order valence-corrected chi connectivity index (χ4v) is 4.81. The third-order valence-electron chi connectivity index (χ3n) is 4.79. The summed E-state index contributed by atoms with van der Waals surface area (Å²) in [7, 11) is -0.545. The van der Waals surface area contributed by atoms with Crippen molar-refractivity contribution >= 4 is 15.7 Å². The van der Waals surface area contributed by atoms with E-state index in [-0.39, 0.29) is 22.8 Å². The lowest BCUT2D eigenvalue weighted by atomic mass is 10.1. The van der Waals surface area contributed by atoms with Crippen LogP contribution in [0.5, 0.6) is 0 Å². The maximum absolute atomic E-state index is 13.3. The molecule has 3 rings (SSSR count). The van der Waals surface area contributed by atoms with Gasteiger partial charge >= 0.3 is 0 Å². The number of carbonyl (C=O) groups excluding carboxylic acids is 1. The minimum atomic E-state index is -3.72. The molecule has 0 saturated carbocycles. The fraction of sp³-hybridized carbons (Fsp3) is 0.217. The molecule has 2 aromatic carbocycles. The van der Waals surface area contributed by atoms with Crippen LogP contribution in [-0.2, 0) is 20.3 Å². The molecule has 156 valence electrons. The number of aromatic nitrogens is 1. The van der Waals surface area contributed by atoms with Crippen LogP contribution in [0.3, 0.4) is 0 Å². The van der Waals surface area contributed by atoms with Crippen LogP contribution in [0, 0.1) is 0 Å². The van der Waals surface area contributed by atoms with E-state index in [9.17, 15) is 13.2 Å². The molecular formula is C23H24N2O4S. The van der Waals surface area contributed by atoms with E-state index in [1.165, 1.54) is 11.0 Å². The number of pyridine rings is 1. The third kappa shape index (κ3) is 4.93. The van der Waals surface area contributed by atoms with E-state index in [1.54, 1.807) is 68.9 Å². The Bertz CT molecular complexity index is 1090. The zero-order valence-electron chi connectivity index (χ0n) is 16.9. The van der Waals surface area contributed by atoms with E-state index in [4.69, 9.17) is 4.74 Å². The van der Waals surface area contributed by atoms with Crippen molar-refractivity contribution in [2.75, 3.05) is 20.8 Å². The topological polar surface area (TPSA) is 76.6 Å². The number of amides is 1. The molecule has 30 heavy (non-hydrogen) atoms. The number of nitrogens with zero attached hydrogens (tertiary/aromatic N) is 2. The monoisotopic (exact) mass is 424 g/mol. The fourth-order valence-electron chi connectivity index (χ4n) is 3.24. The second-order valence-corrected chi connectivity index (χ2v) is 8.84. The van der Waals surface area contributed by atoms with Gasteiger partial charge in [0.25, 0.3) is 5.91 Å². The summed E-state index contributed by atoms with van der Waals surface area (Å²) < 4.78 is 31.5. The normalized spacial score (nSPS) is 12.3. The van der Waals surface area contributed by atoms with Crippen LogP contribution in [-0.4, -0.2) is 45.0 Å². The van der Waals surface area contributed by atoms with Gasteiger partial charge in [0, 0.05) is 20.4 Å². The SMILES string of the molecule is COCC(c1ccccn1)N(C)C(=O)c1ccccc1S(=O)(=O)Cc1ccccc1. The molecule has 0 spiro atoms. The molecule has 0 aliphatic rings. The molecule has 0 aliphatic heterocycles. The van der Waals surface area contributed by atoms with Crippen molar-refractivity contribution in [1.82, 2.24) is 9.88 Å². The molecule has 3 aromatic rings. The van der Waals surface area contributed by atoms with Crippen molar-refractivity contribution < 1.29 is 17.9 Å². The Morgan fingerprint density at radius 3 is 2.33 bits per heavy atom. The van der Waals surface area contributed by atoms with Crippen molar-refractivity contribution in [2.24, 2.45) is 0 Å². The van der Waals surface area contributed by atoms with Gasteiger partial charge in [-0.25, -0.2) is 8.42 Å². The summed E-state index contributed by atoms with van der Waals surface area (Å²) in [6.45, 7) is 0.234. The highest BCUT2D eigenvalue weighted by molar-refractivity contribution is 7.90. The molecule has 1 amide bonds. The van der Waals surface area contributed by atoms with Crippen molar-refractivity contribution in [3.63, 3.8) is 0 Å². The number of benzene rings is 2.